The molecule has 0 atom stereocenters. The van der Waals surface area contributed by atoms with Crippen LogP contribution < -0.4 is 0 Å². The first-order valence-electron chi connectivity index (χ1n) is 4.89. The second kappa shape index (κ2) is 4.75. The predicted octanol–water partition coefficient (Wildman–Crippen LogP) is 2.40. The number of hydrogen-bond acceptors (Lipinski definition) is 5. The first-order chi connectivity index (χ1) is 8.22. The average Bonchev–Trinajstić information content (AvgIpc) is 2.78. The first kappa shape index (κ1) is 11.3. The molecule has 6 nitrogen and oxygen atoms in total. The van der Waals surface area contributed by atoms with Gasteiger partial charge in [0.25, 0.3) is 5.69 Å². The van der Waals surface area contributed by atoms with E-state index in [1.807, 2.05) is 0 Å². The van der Waals surface area contributed by atoms with Crippen molar-refractivity contribution in [1.82, 2.24) is 5.16 Å². The number of ether oxygens (including phenoxy) is 1. The molecule has 0 aliphatic rings. The topological polar surface area (TPSA) is 78.4 Å². The molecule has 1 aromatic heterocycles. The standard InChI is InChI=1S/C11H10N2O4/c1-16-6-9-7-17-12-11(9)8-2-4-10(5-3-8)13(14)15/h2-5,7H,6H2,1H3. The van der Waals surface area contributed by atoms with Gasteiger partial charge in [-0.2, -0.15) is 0 Å². The monoisotopic (exact) mass is 234 g/mol. The average molecular weight is 234 g/mol. The smallest absolute Gasteiger partial charge is 0.269 e. The molecule has 0 saturated carbocycles. The lowest BCUT2D eigenvalue weighted by molar-refractivity contribution is -0.384. The fourth-order valence-electron chi connectivity index (χ4n) is 1.49. The van der Waals surface area contributed by atoms with Crippen LogP contribution in [0.15, 0.2) is 35.1 Å². The van der Waals surface area contributed by atoms with E-state index >= 15 is 0 Å². The molecule has 88 valence electrons. The van der Waals surface area contributed by atoms with Crippen molar-refractivity contribution in [2.45, 2.75) is 6.61 Å². The van der Waals surface area contributed by atoms with Crippen LogP contribution in [0.2, 0.25) is 0 Å². The highest BCUT2D eigenvalue weighted by atomic mass is 16.6. The zero-order chi connectivity index (χ0) is 12.3. The number of methoxy groups -OCH3 is 1. The maximum absolute atomic E-state index is 10.5. The van der Waals surface area contributed by atoms with E-state index < -0.39 is 4.92 Å². The molecule has 0 unspecified atom stereocenters. The van der Waals surface area contributed by atoms with Crippen molar-refractivity contribution in [3.8, 4) is 11.3 Å². The van der Waals surface area contributed by atoms with E-state index in [-0.39, 0.29) is 5.69 Å². The van der Waals surface area contributed by atoms with Crippen LogP contribution in [-0.4, -0.2) is 17.2 Å². The second-order valence-electron chi connectivity index (χ2n) is 3.43. The SMILES string of the molecule is COCc1conc1-c1ccc([N+](=O)[O-])cc1. The lowest BCUT2D eigenvalue weighted by Crippen LogP contribution is -1.90. The summed E-state index contributed by atoms with van der Waals surface area (Å²) in [5.74, 6) is 0. The number of non-ortho nitro benzene ring substituents is 1. The summed E-state index contributed by atoms with van der Waals surface area (Å²) in [6, 6.07) is 6.13. The number of nitro benzene ring substituents is 1. The van der Waals surface area contributed by atoms with Gasteiger partial charge in [0.05, 0.1) is 11.5 Å². The molecule has 2 rings (SSSR count). The normalized spacial score (nSPS) is 10.4. The Morgan fingerprint density at radius 3 is 2.71 bits per heavy atom. The summed E-state index contributed by atoms with van der Waals surface area (Å²) in [6.07, 6.45) is 1.50. The molecule has 0 aliphatic carbocycles. The number of aromatic nitrogens is 1. The molecule has 6 heteroatoms. The van der Waals surface area contributed by atoms with Gasteiger partial charge in [0.2, 0.25) is 0 Å². The Morgan fingerprint density at radius 2 is 2.12 bits per heavy atom. The van der Waals surface area contributed by atoms with Crippen molar-refractivity contribution in [1.29, 1.82) is 0 Å². The molecular formula is C11H10N2O4. The molecule has 17 heavy (non-hydrogen) atoms. The van der Waals surface area contributed by atoms with E-state index in [1.165, 1.54) is 18.4 Å². The lowest BCUT2D eigenvalue weighted by atomic mass is 10.1. The molecule has 0 spiro atoms. The van der Waals surface area contributed by atoms with Gasteiger partial charge in [-0.25, -0.2) is 0 Å². The Labute approximate surface area is 97.0 Å². The minimum atomic E-state index is -0.442. The Bertz CT molecular complexity index is 519. The number of hydrogen-bond donors (Lipinski definition) is 0. The van der Waals surface area contributed by atoms with Crippen LogP contribution in [0.25, 0.3) is 11.3 Å². The number of rotatable bonds is 4. The van der Waals surface area contributed by atoms with Gasteiger partial charge < -0.3 is 9.26 Å². The van der Waals surface area contributed by atoms with Gasteiger partial charge >= 0.3 is 0 Å². The van der Waals surface area contributed by atoms with Gasteiger partial charge in [0, 0.05) is 30.4 Å². The number of nitro groups is 1. The van der Waals surface area contributed by atoms with Crippen LogP contribution in [0.4, 0.5) is 5.69 Å². The maximum Gasteiger partial charge on any atom is 0.269 e. The molecule has 1 aromatic carbocycles. The third-order valence-electron chi connectivity index (χ3n) is 2.29. The largest absolute Gasteiger partial charge is 0.380 e. The minimum Gasteiger partial charge on any atom is -0.380 e. The second-order valence-corrected chi connectivity index (χ2v) is 3.43. The molecule has 2 aromatic rings. The molecule has 0 fully saturated rings. The highest BCUT2D eigenvalue weighted by molar-refractivity contribution is 5.63. The molecule has 0 aliphatic heterocycles. The summed E-state index contributed by atoms with van der Waals surface area (Å²) < 4.78 is 9.87. The zero-order valence-corrected chi connectivity index (χ0v) is 9.12. The Morgan fingerprint density at radius 1 is 1.41 bits per heavy atom. The Balaban J connectivity index is 2.33. The van der Waals surface area contributed by atoms with Crippen LogP contribution in [0, 0.1) is 10.1 Å². The summed E-state index contributed by atoms with van der Waals surface area (Å²) in [4.78, 5) is 10.1. The summed E-state index contributed by atoms with van der Waals surface area (Å²) in [5.41, 5.74) is 2.25. The quantitative estimate of drug-likeness (QED) is 0.599. The maximum atomic E-state index is 10.5. The molecule has 1 heterocycles. The molecule has 0 amide bonds. The predicted molar refractivity (Wildman–Crippen MR) is 59.3 cm³/mol. The van der Waals surface area contributed by atoms with Crippen LogP contribution in [0.5, 0.6) is 0 Å². The molecule has 0 N–H and O–H groups in total. The molecular weight excluding hydrogens is 224 g/mol. The lowest BCUT2D eigenvalue weighted by Gasteiger charge is -1.99. The third-order valence-corrected chi connectivity index (χ3v) is 2.29. The highest BCUT2D eigenvalue weighted by Gasteiger charge is 2.11. The Hall–Kier alpha value is -2.21. The van der Waals surface area contributed by atoms with Crippen LogP contribution in [-0.2, 0) is 11.3 Å². The van der Waals surface area contributed by atoms with Crippen molar-refractivity contribution < 1.29 is 14.2 Å². The van der Waals surface area contributed by atoms with Gasteiger partial charge in [-0.05, 0) is 12.1 Å². The first-order valence-corrected chi connectivity index (χ1v) is 4.89. The zero-order valence-electron chi connectivity index (χ0n) is 9.12. The third kappa shape index (κ3) is 2.31. The minimum absolute atomic E-state index is 0.0468. The Kier molecular flexibility index (Phi) is 3.15. The van der Waals surface area contributed by atoms with E-state index in [0.29, 0.717) is 12.3 Å². The van der Waals surface area contributed by atoms with Crippen molar-refractivity contribution in [3.05, 3.63) is 46.2 Å². The number of nitrogens with zero attached hydrogens (tertiary/aromatic N) is 2. The van der Waals surface area contributed by atoms with Gasteiger partial charge in [-0.1, -0.05) is 5.16 Å². The summed E-state index contributed by atoms with van der Waals surface area (Å²) in [7, 11) is 1.58. The van der Waals surface area contributed by atoms with Crippen LogP contribution >= 0.6 is 0 Å². The van der Waals surface area contributed by atoms with Crippen molar-refractivity contribution in [2.75, 3.05) is 7.11 Å². The van der Waals surface area contributed by atoms with Crippen molar-refractivity contribution in [3.63, 3.8) is 0 Å². The summed E-state index contributed by atoms with van der Waals surface area (Å²) in [5, 5.41) is 14.4. The van der Waals surface area contributed by atoms with Gasteiger partial charge in [-0.3, -0.25) is 10.1 Å². The van der Waals surface area contributed by atoms with E-state index in [2.05, 4.69) is 5.16 Å². The number of benzene rings is 1. The summed E-state index contributed by atoms with van der Waals surface area (Å²) in [6.45, 7) is 0.385. The van der Waals surface area contributed by atoms with Crippen molar-refractivity contribution >= 4 is 5.69 Å². The van der Waals surface area contributed by atoms with Crippen LogP contribution in [0.1, 0.15) is 5.56 Å². The van der Waals surface area contributed by atoms with E-state index in [0.717, 1.165) is 11.1 Å². The van der Waals surface area contributed by atoms with E-state index in [1.54, 1.807) is 19.2 Å². The van der Waals surface area contributed by atoms with Gasteiger partial charge in [-0.15, -0.1) is 0 Å². The highest BCUT2D eigenvalue weighted by Crippen LogP contribution is 2.24. The summed E-state index contributed by atoms with van der Waals surface area (Å²) >= 11 is 0. The fourth-order valence-corrected chi connectivity index (χ4v) is 1.49. The molecule has 0 bridgehead atoms. The van der Waals surface area contributed by atoms with Gasteiger partial charge in [0.1, 0.15) is 12.0 Å². The van der Waals surface area contributed by atoms with E-state index in [4.69, 9.17) is 9.26 Å². The van der Waals surface area contributed by atoms with Crippen LogP contribution in [0.3, 0.4) is 0 Å². The molecule has 0 radical (unpaired) electrons. The van der Waals surface area contributed by atoms with Gasteiger partial charge in [0.15, 0.2) is 0 Å². The fraction of sp³-hybridized carbons (Fsp3) is 0.182. The van der Waals surface area contributed by atoms with E-state index in [9.17, 15) is 10.1 Å². The van der Waals surface area contributed by atoms with Crippen molar-refractivity contribution in [2.24, 2.45) is 0 Å². The molecule has 0 saturated heterocycles.